The van der Waals surface area contributed by atoms with Crippen molar-refractivity contribution >= 4 is 46.0 Å². The van der Waals surface area contributed by atoms with Crippen molar-refractivity contribution < 1.29 is 22.6 Å². The number of hydrogen-bond donors (Lipinski definition) is 3. The van der Waals surface area contributed by atoms with Crippen molar-refractivity contribution in [3.8, 4) is 0 Å². The van der Waals surface area contributed by atoms with E-state index in [2.05, 4.69) is 23.0 Å². The maximum absolute atomic E-state index is 11.9. The first kappa shape index (κ1) is 16.5. The molecule has 10 heteroatoms. The summed E-state index contributed by atoms with van der Waals surface area (Å²) in [5, 5.41) is 7.51. The Hall–Kier alpha value is -1.91. The number of amides is 2. The molecule has 0 spiro atoms. The van der Waals surface area contributed by atoms with Crippen LogP contribution in [0.2, 0.25) is 0 Å². The fraction of sp³-hybridized carbons (Fsp3) is 0.250. The zero-order valence-electron chi connectivity index (χ0n) is 11.3. The van der Waals surface area contributed by atoms with Crippen molar-refractivity contribution in [3.05, 3.63) is 24.3 Å². The summed E-state index contributed by atoms with van der Waals surface area (Å²) in [6, 6.07) is 4.93. The molecule has 0 aromatic heterocycles. The Morgan fingerprint density at radius 1 is 1.36 bits per heavy atom. The quantitative estimate of drug-likeness (QED) is 0.517. The number of nitrogens with one attached hydrogen (secondary N) is 1. The third-order valence-corrected chi connectivity index (χ3v) is 3.91. The molecule has 0 unspecified atom stereocenters. The van der Waals surface area contributed by atoms with Gasteiger partial charge in [-0.15, -0.1) is 0 Å². The van der Waals surface area contributed by atoms with Crippen molar-refractivity contribution in [3.63, 3.8) is 0 Å². The van der Waals surface area contributed by atoms with Crippen molar-refractivity contribution in [2.75, 3.05) is 17.3 Å². The predicted octanol–water partition coefficient (Wildman–Crippen LogP) is 0.0720. The average Bonchev–Trinajstić information content (AvgIpc) is 2.86. The van der Waals surface area contributed by atoms with Gasteiger partial charge in [0.2, 0.25) is 0 Å². The second kappa shape index (κ2) is 6.46. The number of benzene rings is 1. The summed E-state index contributed by atoms with van der Waals surface area (Å²) in [6.07, 6.45) is -0.140. The molecule has 0 fully saturated rings. The highest BCUT2D eigenvalue weighted by molar-refractivity contribution is 7.85. The lowest BCUT2D eigenvalue weighted by Crippen LogP contribution is -2.31. The zero-order valence-corrected chi connectivity index (χ0v) is 13.0. The Balaban J connectivity index is 2.20. The van der Waals surface area contributed by atoms with Gasteiger partial charge in [0.15, 0.2) is 0 Å². The Morgan fingerprint density at radius 2 is 2.00 bits per heavy atom. The molecular weight excluding hydrogens is 330 g/mol. The number of thiol groups is 1. The summed E-state index contributed by atoms with van der Waals surface area (Å²) in [7, 11) is -4.30. The number of anilines is 1. The maximum Gasteiger partial charge on any atom is 0.294 e. The third-order valence-electron chi connectivity index (χ3n) is 2.81. The minimum absolute atomic E-state index is 0.0747. The summed E-state index contributed by atoms with van der Waals surface area (Å²) in [4.78, 5) is 23.3. The summed E-state index contributed by atoms with van der Waals surface area (Å²) < 4.78 is 30.8. The minimum atomic E-state index is -4.30. The molecular formula is C12H13N3O5S2. The largest absolute Gasteiger partial charge is 0.350 e. The van der Waals surface area contributed by atoms with E-state index in [0.717, 1.165) is 17.1 Å². The van der Waals surface area contributed by atoms with Crippen molar-refractivity contribution in [2.24, 2.45) is 5.10 Å². The van der Waals surface area contributed by atoms with Crippen LogP contribution < -0.4 is 10.3 Å². The number of carbonyl (C=O) groups is 2. The zero-order chi connectivity index (χ0) is 16.3. The summed E-state index contributed by atoms with van der Waals surface area (Å²) in [6.45, 7) is 0.359. The van der Waals surface area contributed by atoms with E-state index in [1.54, 1.807) is 0 Å². The normalized spacial score (nSPS) is 14.9. The van der Waals surface area contributed by atoms with Gasteiger partial charge in [-0.25, -0.2) is 0 Å². The molecule has 118 valence electrons. The van der Waals surface area contributed by atoms with Crippen LogP contribution in [0, 0.1) is 0 Å². The molecule has 0 saturated carbocycles. The van der Waals surface area contributed by atoms with Gasteiger partial charge >= 0.3 is 0 Å². The molecule has 1 aromatic carbocycles. The first-order valence-corrected chi connectivity index (χ1v) is 8.27. The van der Waals surface area contributed by atoms with Crippen molar-refractivity contribution in [2.45, 2.75) is 11.3 Å². The smallest absolute Gasteiger partial charge is 0.294 e. The summed E-state index contributed by atoms with van der Waals surface area (Å²) in [5.41, 5.74) is 0.375. The second-order valence-electron chi connectivity index (χ2n) is 4.38. The van der Waals surface area contributed by atoms with Gasteiger partial charge in [-0.05, 0) is 24.3 Å². The van der Waals surface area contributed by atoms with E-state index in [4.69, 9.17) is 4.55 Å². The van der Waals surface area contributed by atoms with Gasteiger partial charge < -0.3 is 5.32 Å². The first-order valence-electron chi connectivity index (χ1n) is 6.20. The summed E-state index contributed by atoms with van der Waals surface area (Å²) in [5.74, 6) is -0.386. The van der Waals surface area contributed by atoms with Gasteiger partial charge in [-0.3, -0.25) is 14.1 Å². The lowest BCUT2D eigenvalue weighted by atomic mass is 10.2. The van der Waals surface area contributed by atoms with Crippen LogP contribution >= 0.6 is 12.6 Å². The second-order valence-corrected chi connectivity index (χ2v) is 6.25. The van der Waals surface area contributed by atoms with E-state index in [1.165, 1.54) is 12.1 Å². The molecule has 1 heterocycles. The van der Waals surface area contributed by atoms with Gasteiger partial charge in [0.1, 0.15) is 5.71 Å². The van der Waals surface area contributed by atoms with Gasteiger partial charge in [-0.2, -0.15) is 31.2 Å². The highest BCUT2D eigenvalue weighted by Gasteiger charge is 2.29. The van der Waals surface area contributed by atoms with E-state index in [-0.39, 0.29) is 17.0 Å². The molecule has 0 saturated heterocycles. The van der Waals surface area contributed by atoms with Crippen LogP contribution in [0.5, 0.6) is 0 Å². The molecule has 2 rings (SSSR count). The van der Waals surface area contributed by atoms with Crippen LogP contribution in [-0.2, 0) is 19.7 Å². The van der Waals surface area contributed by atoms with Crippen LogP contribution in [0.4, 0.5) is 5.69 Å². The Kier molecular flexibility index (Phi) is 4.84. The number of hydrazone groups is 1. The van der Waals surface area contributed by atoms with E-state index in [1.807, 2.05) is 0 Å². The van der Waals surface area contributed by atoms with E-state index in [9.17, 15) is 18.0 Å². The molecule has 0 bridgehead atoms. The highest BCUT2D eigenvalue weighted by Crippen LogP contribution is 2.22. The lowest BCUT2D eigenvalue weighted by molar-refractivity contribution is -0.118. The fourth-order valence-electron chi connectivity index (χ4n) is 1.79. The van der Waals surface area contributed by atoms with Gasteiger partial charge in [0, 0.05) is 12.3 Å². The molecule has 1 aromatic rings. The molecule has 2 amide bonds. The Labute approximate surface area is 132 Å². The monoisotopic (exact) mass is 343 g/mol. The molecule has 1 aliphatic rings. The Bertz CT molecular complexity index is 728. The number of hydrogen-bond acceptors (Lipinski definition) is 6. The van der Waals surface area contributed by atoms with Crippen LogP contribution in [0.1, 0.15) is 6.42 Å². The third kappa shape index (κ3) is 3.64. The Morgan fingerprint density at radius 3 is 2.55 bits per heavy atom. The topological polar surface area (TPSA) is 116 Å². The highest BCUT2D eigenvalue weighted by atomic mass is 32.2. The number of nitrogens with zero attached hydrogens (tertiary/aromatic N) is 2. The van der Waals surface area contributed by atoms with Gasteiger partial charge in [-0.1, -0.05) is 0 Å². The number of carbonyl (C=O) groups excluding carboxylic acids is 2. The fourth-order valence-corrected chi connectivity index (χ4v) is 2.38. The summed E-state index contributed by atoms with van der Waals surface area (Å²) >= 11 is 3.96. The van der Waals surface area contributed by atoms with Gasteiger partial charge in [0.05, 0.1) is 17.0 Å². The molecule has 2 N–H and O–H groups in total. The average molecular weight is 343 g/mol. The van der Waals surface area contributed by atoms with Crippen LogP contribution in [0.3, 0.4) is 0 Å². The molecule has 0 aliphatic carbocycles. The lowest BCUT2D eigenvalue weighted by Gasteiger charge is -2.11. The van der Waals surface area contributed by atoms with Gasteiger partial charge in [0.25, 0.3) is 21.9 Å². The van der Waals surface area contributed by atoms with E-state index in [0.29, 0.717) is 18.0 Å². The molecule has 0 atom stereocenters. The maximum atomic E-state index is 11.9. The van der Waals surface area contributed by atoms with Crippen LogP contribution in [0.25, 0.3) is 0 Å². The minimum Gasteiger partial charge on any atom is -0.350 e. The predicted molar refractivity (Wildman–Crippen MR) is 82.7 cm³/mol. The van der Waals surface area contributed by atoms with E-state index < -0.39 is 21.9 Å². The SMILES string of the molecule is O=C(NCCS)C1=NN(c2ccc(S(=O)(=O)O)cc2)C(=O)C1. The van der Waals surface area contributed by atoms with Crippen molar-refractivity contribution in [1.82, 2.24) is 5.32 Å². The molecule has 0 radical (unpaired) electrons. The van der Waals surface area contributed by atoms with Crippen molar-refractivity contribution in [1.29, 1.82) is 0 Å². The first-order chi connectivity index (χ1) is 10.3. The van der Waals surface area contributed by atoms with Crippen LogP contribution in [-0.4, -0.2) is 42.8 Å². The molecule has 8 nitrogen and oxygen atoms in total. The molecule has 22 heavy (non-hydrogen) atoms. The van der Waals surface area contributed by atoms with E-state index >= 15 is 0 Å². The van der Waals surface area contributed by atoms with Crippen LogP contribution in [0.15, 0.2) is 34.3 Å². The standard InChI is InChI=1S/C12H13N3O5S2/c16-11-7-10(12(17)13-5-6-21)14-15(11)8-1-3-9(4-2-8)22(18,19)20/h1-4,21H,5-7H2,(H,13,17)(H,18,19,20). The number of rotatable bonds is 5. The molecule has 1 aliphatic heterocycles.